The molecule has 0 saturated heterocycles. The van der Waals surface area contributed by atoms with Crippen LogP contribution in [0.25, 0.3) is 0 Å². The number of benzene rings is 1. The third kappa shape index (κ3) is 3.36. The van der Waals surface area contributed by atoms with Crippen LogP contribution in [-0.4, -0.2) is 12.1 Å². The van der Waals surface area contributed by atoms with E-state index in [4.69, 9.17) is 0 Å². The summed E-state index contributed by atoms with van der Waals surface area (Å²) in [5, 5.41) is 3.76. The Morgan fingerprint density at radius 1 is 1.17 bits per heavy atom. The van der Waals surface area contributed by atoms with E-state index >= 15 is 0 Å². The fourth-order valence-electron chi connectivity index (χ4n) is 2.36. The van der Waals surface area contributed by atoms with Gasteiger partial charge in [-0.1, -0.05) is 48.8 Å². The van der Waals surface area contributed by atoms with Crippen LogP contribution in [-0.2, 0) is 0 Å². The number of halogens is 1. The quantitative estimate of drug-likeness (QED) is 0.852. The Kier molecular flexibility index (Phi) is 4.18. The zero-order valence-electron chi connectivity index (χ0n) is 11.8. The van der Waals surface area contributed by atoms with E-state index in [9.17, 15) is 0 Å². The molecule has 1 saturated carbocycles. The van der Waals surface area contributed by atoms with Gasteiger partial charge in [0.05, 0.1) is 0 Å². The summed E-state index contributed by atoms with van der Waals surface area (Å²) in [4.78, 5) is 0. The molecule has 1 unspecified atom stereocenters. The summed E-state index contributed by atoms with van der Waals surface area (Å²) < 4.78 is 1.17. The lowest BCUT2D eigenvalue weighted by molar-refractivity contribution is 0.203. The molecule has 0 aliphatic heterocycles. The standard InChI is InChI=1S/C16H24BrN/c1-11(16(2,3)4)18-15-9-13(10-15)12-5-7-14(17)8-6-12/h5-8,11,13,15,18H,9-10H2,1-4H3. The molecule has 1 aliphatic rings. The second kappa shape index (κ2) is 5.34. The molecule has 2 rings (SSSR count). The van der Waals surface area contributed by atoms with Gasteiger partial charge in [0.1, 0.15) is 0 Å². The Labute approximate surface area is 119 Å². The molecule has 18 heavy (non-hydrogen) atoms. The van der Waals surface area contributed by atoms with Crippen molar-refractivity contribution in [3.63, 3.8) is 0 Å². The molecule has 1 fully saturated rings. The van der Waals surface area contributed by atoms with E-state index in [0.29, 0.717) is 17.5 Å². The van der Waals surface area contributed by atoms with Crippen molar-refractivity contribution in [3.05, 3.63) is 34.3 Å². The Bertz CT molecular complexity index is 385. The molecular formula is C16H24BrN. The zero-order valence-corrected chi connectivity index (χ0v) is 13.4. The molecule has 0 bridgehead atoms. The van der Waals surface area contributed by atoms with E-state index in [-0.39, 0.29) is 0 Å². The van der Waals surface area contributed by atoms with Gasteiger partial charge in [0.25, 0.3) is 0 Å². The first kappa shape index (κ1) is 14.1. The number of rotatable bonds is 3. The lowest BCUT2D eigenvalue weighted by Gasteiger charge is -2.41. The summed E-state index contributed by atoms with van der Waals surface area (Å²) in [5.41, 5.74) is 1.84. The Hall–Kier alpha value is -0.340. The van der Waals surface area contributed by atoms with Gasteiger partial charge in [0.2, 0.25) is 0 Å². The molecule has 1 atom stereocenters. The van der Waals surface area contributed by atoms with Crippen LogP contribution in [0, 0.1) is 5.41 Å². The summed E-state index contributed by atoms with van der Waals surface area (Å²) in [6.45, 7) is 9.20. The molecule has 0 heterocycles. The first-order chi connectivity index (χ1) is 8.36. The van der Waals surface area contributed by atoms with Gasteiger partial charge in [-0.05, 0) is 48.8 Å². The lowest BCUT2D eigenvalue weighted by Crippen LogP contribution is -2.49. The van der Waals surface area contributed by atoms with Gasteiger partial charge >= 0.3 is 0 Å². The van der Waals surface area contributed by atoms with Crippen LogP contribution in [0.4, 0.5) is 0 Å². The molecule has 0 radical (unpaired) electrons. The van der Waals surface area contributed by atoms with Crippen molar-refractivity contribution in [2.75, 3.05) is 0 Å². The fraction of sp³-hybridized carbons (Fsp3) is 0.625. The highest BCUT2D eigenvalue weighted by atomic mass is 79.9. The molecule has 1 aliphatic carbocycles. The predicted molar refractivity (Wildman–Crippen MR) is 82.0 cm³/mol. The minimum absolute atomic E-state index is 0.350. The van der Waals surface area contributed by atoms with Crippen LogP contribution in [0.2, 0.25) is 0 Å². The summed E-state index contributed by atoms with van der Waals surface area (Å²) >= 11 is 3.49. The monoisotopic (exact) mass is 309 g/mol. The van der Waals surface area contributed by atoms with Crippen LogP contribution in [0.15, 0.2) is 28.7 Å². The van der Waals surface area contributed by atoms with Gasteiger partial charge in [-0.25, -0.2) is 0 Å². The Morgan fingerprint density at radius 2 is 1.72 bits per heavy atom. The average molecular weight is 310 g/mol. The highest BCUT2D eigenvalue weighted by molar-refractivity contribution is 9.10. The first-order valence-electron chi connectivity index (χ1n) is 6.88. The third-order valence-electron chi connectivity index (χ3n) is 4.26. The van der Waals surface area contributed by atoms with Crippen LogP contribution < -0.4 is 5.32 Å². The van der Waals surface area contributed by atoms with Gasteiger partial charge < -0.3 is 5.32 Å². The molecule has 1 aromatic carbocycles. The van der Waals surface area contributed by atoms with Gasteiger partial charge in [-0.2, -0.15) is 0 Å². The number of hydrogen-bond acceptors (Lipinski definition) is 1. The topological polar surface area (TPSA) is 12.0 Å². The number of nitrogens with one attached hydrogen (secondary N) is 1. The van der Waals surface area contributed by atoms with Crippen molar-refractivity contribution in [2.24, 2.45) is 5.41 Å². The van der Waals surface area contributed by atoms with Gasteiger partial charge in [0, 0.05) is 16.6 Å². The second-order valence-corrected chi connectivity index (χ2v) is 7.59. The molecule has 0 amide bonds. The van der Waals surface area contributed by atoms with Crippen LogP contribution >= 0.6 is 15.9 Å². The van der Waals surface area contributed by atoms with Gasteiger partial charge in [0.15, 0.2) is 0 Å². The fourth-order valence-corrected chi connectivity index (χ4v) is 2.63. The van der Waals surface area contributed by atoms with E-state index in [1.807, 2.05) is 0 Å². The highest BCUT2D eigenvalue weighted by Crippen LogP contribution is 2.38. The third-order valence-corrected chi connectivity index (χ3v) is 4.79. The molecule has 1 N–H and O–H groups in total. The summed E-state index contributed by atoms with van der Waals surface area (Å²) in [7, 11) is 0. The average Bonchev–Trinajstić information content (AvgIpc) is 2.23. The van der Waals surface area contributed by atoms with E-state index in [1.165, 1.54) is 22.9 Å². The molecule has 0 aromatic heterocycles. The van der Waals surface area contributed by atoms with Crippen LogP contribution in [0.1, 0.15) is 52.0 Å². The largest absolute Gasteiger partial charge is 0.311 e. The SMILES string of the molecule is CC(NC1CC(c2ccc(Br)cc2)C1)C(C)(C)C. The van der Waals surface area contributed by atoms with Crippen LogP contribution in [0.5, 0.6) is 0 Å². The Morgan fingerprint density at radius 3 is 2.22 bits per heavy atom. The van der Waals surface area contributed by atoms with Crippen molar-refractivity contribution in [2.45, 2.75) is 58.5 Å². The second-order valence-electron chi connectivity index (χ2n) is 6.67. The maximum Gasteiger partial charge on any atom is 0.0175 e. The highest BCUT2D eigenvalue weighted by Gasteiger charge is 2.32. The van der Waals surface area contributed by atoms with E-state index < -0.39 is 0 Å². The molecule has 1 aromatic rings. The minimum atomic E-state index is 0.350. The van der Waals surface area contributed by atoms with Crippen molar-refractivity contribution < 1.29 is 0 Å². The zero-order chi connectivity index (χ0) is 13.3. The van der Waals surface area contributed by atoms with E-state index in [1.54, 1.807) is 0 Å². The van der Waals surface area contributed by atoms with Crippen molar-refractivity contribution in [3.8, 4) is 0 Å². The molecule has 100 valence electrons. The van der Waals surface area contributed by atoms with Crippen LogP contribution in [0.3, 0.4) is 0 Å². The first-order valence-corrected chi connectivity index (χ1v) is 7.67. The summed E-state index contributed by atoms with van der Waals surface area (Å²) in [5.74, 6) is 0.753. The Balaban J connectivity index is 1.82. The maximum atomic E-state index is 3.76. The van der Waals surface area contributed by atoms with Crippen molar-refractivity contribution >= 4 is 15.9 Å². The molecule has 2 heteroatoms. The normalized spacial score (nSPS) is 25.6. The smallest absolute Gasteiger partial charge is 0.0175 e. The van der Waals surface area contributed by atoms with E-state index in [0.717, 1.165) is 5.92 Å². The van der Waals surface area contributed by atoms with Gasteiger partial charge in [-0.15, -0.1) is 0 Å². The predicted octanol–water partition coefficient (Wildman–Crippen LogP) is 4.72. The molecular weight excluding hydrogens is 286 g/mol. The summed E-state index contributed by atoms with van der Waals surface area (Å²) in [6, 6.07) is 10.1. The lowest BCUT2D eigenvalue weighted by atomic mass is 9.74. The minimum Gasteiger partial charge on any atom is -0.311 e. The molecule has 1 nitrogen and oxygen atoms in total. The maximum absolute atomic E-state index is 3.76. The number of hydrogen-bond donors (Lipinski definition) is 1. The summed E-state index contributed by atoms with van der Waals surface area (Å²) in [6.07, 6.45) is 2.56. The van der Waals surface area contributed by atoms with Crippen molar-refractivity contribution in [1.29, 1.82) is 0 Å². The van der Waals surface area contributed by atoms with Gasteiger partial charge in [-0.3, -0.25) is 0 Å². The molecule has 0 spiro atoms. The van der Waals surface area contributed by atoms with E-state index in [2.05, 4.69) is 73.2 Å². The van der Waals surface area contributed by atoms with Crippen molar-refractivity contribution in [1.82, 2.24) is 5.32 Å².